The molecule has 3 unspecified atom stereocenters. The van der Waals surface area contributed by atoms with Crippen LogP contribution in [0, 0.1) is 5.92 Å². The molecule has 2 heterocycles. The van der Waals surface area contributed by atoms with Crippen LogP contribution < -0.4 is 0 Å². The van der Waals surface area contributed by atoms with Gasteiger partial charge in [-0.3, -0.25) is 0 Å². The van der Waals surface area contributed by atoms with Gasteiger partial charge in [0, 0.05) is 0 Å². The lowest BCUT2D eigenvalue weighted by Gasteiger charge is -2.40. The molecule has 2 aliphatic heterocycles. The minimum absolute atomic E-state index is 0.390. The van der Waals surface area contributed by atoms with Gasteiger partial charge in [-0.2, -0.15) is 0 Å². The summed E-state index contributed by atoms with van der Waals surface area (Å²) in [5.74, 6) is 0.943. The highest BCUT2D eigenvalue weighted by molar-refractivity contribution is 5.01. The molecule has 0 N–H and O–H groups in total. The molecule has 2 bridgehead atoms. The number of ether oxygens (including phenoxy) is 1. The van der Waals surface area contributed by atoms with Crippen LogP contribution in [0.2, 0.25) is 0 Å². The lowest BCUT2D eigenvalue weighted by molar-refractivity contribution is -0.107. The second-order valence-corrected chi connectivity index (χ2v) is 4.88. The Morgan fingerprint density at radius 2 is 1.92 bits per heavy atom. The maximum atomic E-state index is 6.19. The van der Waals surface area contributed by atoms with Crippen molar-refractivity contribution in [3.8, 4) is 0 Å². The van der Waals surface area contributed by atoms with E-state index in [0.29, 0.717) is 11.7 Å². The lowest BCUT2D eigenvalue weighted by atomic mass is 9.74. The molecule has 3 rings (SSSR count). The van der Waals surface area contributed by atoms with E-state index in [-0.39, 0.29) is 0 Å². The van der Waals surface area contributed by atoms with Gasteiger partial charge in [0.05, 0.1) is 11.7 Å². The molecule has 12 heavy (non-hydrogen) atoms. The van der Waals surface area contributed by atoms with E-state index in [2.05, 4.69) is 0 Å². The smallest absolute Gasteiger partial charge is 0.0715 e. The summed E-state index contributed by atoms with van der Waals surface area (Å²) >= 11 is 0. The van der Waals surface area contributed by atoms with Gasteiger partial charge < -0.3 is 4.74 Å². The minimum Gasteiger partial charge on any atom is -0.371 e. The Morgan fingerprint density at radius 1 is 1.00 bits per heavy atom. The largest absolute Gasteiger partial charge is 0.371 e. The monoisotopic (exact) mass is 166 g/mol. The number of fused-ring (bicyclic) bond motifs is 1. The third kappa shape index (κ3) is 0.891. The fourth-order valence-electron chi connectivity index (χ4n) is 3.66. The first kappa shape index (κ1) is 7.37. The first-order valence-electron chi connectivity index (χ1n) is 5.57. The van der Waals surface area contributed by atoms with Gasteiger partial charge in [0.2, 0.25) is 0 Å². The van der Waals surface area contributed by atoms with Crippen LogP contribution in [0.5, 0.6) is 0 Å². The second kappa shape index (κ2) is 2.47. The van der Waals surface area contributed by atoms with Crippen molar-refractivity contribution in [1.29, 1.82) is 0 Å². The third-order valence-corrected chi connectivity index (χ3v) is 4.22. The van der Waals surface area contributed by atoms with Crippen LogP contribution in [-0.4, -0.2) is 11.7 Å². The van der Waals surface area contributed by atoms with Crippen molar-refractivity contribution in [2.75, 3.05) is 0 Å². The molecule has 68 valence electrons. The maximum absolute atomic E-state index is 6.19. The van der Waals surface area contributed by atoms with Crippen LogP contribution in [0.15, 0.2) is 0 Å². The summed E-state index contributed by atoms with van der Waals surface area (Å²) in [7, 11) is 0. The quantitative estimate of drug-likeness (QED) is 0.537. The zero-order valence-electron chi connectivity index (χ0n) is 7.72. The summed E-state index contributed by atoms with van der Waals surface area (Å²) in [5.41, 5.74) is 0.390. The van der Waals surface area contributed by atoms with Crippen LogP contribution in [0.3, 0.4) is 0 Å². The Kier molecular flexibility index (Phi) is 1.52. The standard InChI is InChI=1S/C11H18O/c1-2-6-11-7-3-5-10(12-11)8-9(11)4-1/h9-10H,1-8H2. The van der Waals surface area contributed by atoms with E-state index in [1.165, 1.54) is 51.4 Å². The van der Waals surface area contributed by atoms with Crippen LogP contribution >= 0.6 is 0 Å². The Bertz CT molecular complexity index is 185. The van der Waals surface area contributed by atoms with E-state index in [1.54, 1.807) is 0 Å². The van der Waals surface area contributed by atoms with Gasteiger partial charge in [0.25, 0.3) is 0 Å². The normalized spacial score (nSPS) is 52.0. The molecule has 3 aliphatic rings. The summed E-state index contributed by atoms with van der Waals surface area (Å²) in [5, 5.41) is 0. The molecule has 3 atom stereocenters. The molecule has 0 aromatic rings. The van der Waals surface area contributed by atoms with Gasteiger partial charge >= 0.3 is 0 Å². The molecule has 1 saturated carbocycles. The summed E-state index contributed by atoms with van der Waals surface area (Å²) in [6.07, 6.45) is 11.9. The summed E-state index contributed by atoms with van der Waals surface area (Å²) in [6, 6.07) is 0. The first-order valence-corrected chi connectivity index (χ1v) is 5.57. The SMILES string of the molecule is C1CCC23CCCC(CC2C1)O3. The van der Waals surface area contributed by atoms with Gasteiger partial charge in [-0.05, 0) is 44.4 Å². The van der Waals surface area contributed by atoms with Crippen molar-refractivity contribution < 1.29 is 4.74 Å². The molecule has 2 saturated heterocycles. The Morgan fingerprint density at radius 3 is 2.92 bits per heavy atom. The summed E-state index contributed by atoms with van der Waals surface area (Å²) < 4.78 is 6.19. The van der Waals surface area contributed by atoms with Crippen molar-refractivity contribution in [2.45, 2.75) is 63.1 Å². The van der Waals surface area contributed by atoms with Gasteiger partial charge in [0.15, 0.2) is 0 Å². The van der Waals surface area contributed by atoms with Crippen molar-refractivity contribution >= 4 is 0 Å². The lowest BCUT2D eigenvalue weighted by Crippen LogP contribution is -2.40. The van der Waals surface area contributed by atoms with Crippen molar-refractivity contribution in [3.05, 3.63) is 0 Å². The van der Waals surface area contributed by atoms with E-state index >= 15 is 0 Å². The molecule has 0 radical (unpaired) electrons. The Labute approximate surface area is 74.5 Å². The van der Waals surface area contributed by atoms with Crippen molar-refractivity contribution in [2.24, 2.45) is 5.92 Å². The number of hydrogen-bond acceptors (Lipinski definition) is 1. The molecular formula is C11H18O. The summed E-state index contributed by atoms with van der Waals surface area (Å²) in [6.45, 7) is 0. The summed E-state index contributed by atoms with van der Waals surface area (Å²) in [4.78, 5) is 0. The predicted molar refractivity (Wildman–Crippen MR) is 48.0 cm³/mol. The van der Waals surface area contributed by atoms with Gasteiger partial charge in [-0.25, -0.2) is 0 Å². The first-order chi connectivity index (χ1) is 5.89. The fourth-order valence-corrected chi connectivity index (χ4v) is 3.66. The van der Waals surface area contributed by atoms with Crippen LogP contribution in [0.1, 0.15) is 51.4 Å². The fraction of sp³-hybridized carbons (Fsp3) is 1.00. The van der Waals surface area contributed by atoms with Crippen LogP contribution in [0.4, 0.5) is 0 Å². The second-order valence-electron chi connectivity index (χ2n) is 4.88. The van der Waals surface area contributed by atoms with Crippen molar-refractivity contribution in [3.63, 3.8) is 0 Å². The zero-order valence-corrected chi connectivity index (χ0v) is 7.72. The zero-order chi connectivity index (χ0) is 8.02. The highest BCUT2D eigenvalue weighted by Gasteiger charge is 2.50. The highest BCUT2D eigenvalue weighted by Crippen LogP contribution is 2.52. The minimum atomic E-state index is 0.390. The molecule has 0 aromatic heterocycles. The maximum Gasteiger partial charge on any atom is 0.0715 e. The molecule has 0 amide bonds. The van der Waals surface area contributed by atoms with Gasteiger partial charge in [0.1, 0.15) is 0 Å². The third-order valence-electron chi connectivity index (χ3n) is 4.22. The van der Waals surface area contributed by atoms with Gasteiger partial charge in [-0.1, -0.05) is 12.8 Å². The predicted octanol–water partition coefficient (Wildman–Crippen LogP) is 2.89. The van der Waals surface area contributed by atoms with E-state index in [9.17, 15) is 0 Å². The van der Waals surface area contributed by atoms with E-state index < -0.39 is 0 Å². The highest BCUT2D eigenvalue weighted by atomic mass is 16.5. The molecule has 1 nitrogen and oxygen atoms in total. The molecular weight excluding hydrogens is 148 g/mol. The Hall–Kier alpha value is -0.0400. The molecule has 1 heteroatoms. The van der Waals surface area contributed by atoms with Gasteiger partial charge in [-0.15, -0.1) is 0 Å². The Balaban J connectivity index is 1.89. The topological polar surface area (TPSA) is 9.23 Å². The molecule has 3 fully saturated rings. The molecule has 0 aromatic carbocycles. The van der Waals surface area contributed by atoms with Crippen LogP contribution in [-0.2, 0) is 4.74 Å². The number of rotatable bonds is 0. The molecule has 1 spiro atoms. The average molecular weight is 166 g/mol. The average Bonchev–Trinajstić information content (AvgIpc) is 2.35. The van der Waals surface area contributed by atoms with E-state index in [1.807, 2.05) is 0 Å². The molecule has 1 aliphatic carbocycles. The van der Waals surface area contributed by atoms with E-state index in [0.717, 1.165) is 5.92 Å². The number of hydrogen-bond donors (Lipinski definition) is 0. The van der Waals surface area contributed by atoms with E-state index in [4.69, 9.17) is 4.74 Å². The van der Waals surface area contributed by atoms with Crippen LogP contribution in [0.25, 0.3) is 0 Å². The van der Waals surface area contributed by atoms with Crippen molar-refractivity contribution in [1.82, 2.24) is 0 Å².